The van der Waals surface area contributed by atoms with Crippen molar-refractivity contribution in [2.45, 2.75) is 171 Å². The molecule has 500 valence electrons. The lowest BCUT2D eigenvalue weighted by molar-refractivity contribution is -0.172. The maximum Gasteiger partial charge on any atom is 0.246 e. The Morgan fingerprint density at radius 2 is 1.36 bits per heavy atom. The SMILES string of the molecule is CC(C)C(NC(=O)[C@@H](CCCCNC(=O)COC1CCCCCC(N[C@H]2C[C@H](CO)[C@@H](O[C@H]3C[C@H](CO)[C@@H](O)[C@H](O)C3)[C@H](O)C2)=C1N)NC(=O)CCOCCOCCOCCOCCNC(=O)CCC(=O)N1Cc2ccccc2C#Cc2ccccc21)C(N)=O. The summed E-state index contributed by atoms with van der Waals surface area (Å²) >= 11 is 0. The largest absolute Gasteiger partial charge is 0.399 e. The molecular formula is C65H98N8O17. The van der Waals surface area contributed by atoms with E-state index in [2.05, 4.69) is 38.4 Å². The van der Waals surface area contributed by atoms with Gasteiger partial charge in [-0.05, 0) is 87.5 Å². The number of rotatable bonds is 37. The molecule has 90 heavy (non-hydrogen) atoms. The third-order valence-corrected chi connectivity index (χ3v) is 16.7. The fraction of sp³-hybridized carbons (Fsp3) is 0.662. The number of aliphatic hydroxyl groups is 5. The number of ether oxygens (including phenoxy) is 6. The molecule has 6 amide bonds. The number of para-hydroxylation sites is 1. The third-order valence-electron chi connectivity index (χ3n) is 16.7. The van der Waals surface area contributed by atoms with Crippen LogP contribution in [0.15, 0.2) is 59.9 Å². The van der Waals surface area contributed by atoms with Crippen LogP contribution in [0.25, 0.3) is 0 Å². The lowest BCUT2D eigenvalue weighted by Crippen LogP contribution is -2.54. The molecule has 0 radical (unpaired) electrons. The smallest absolute Gasteiger partial charge is 0.246 e. The van der Waals surface area contributed by atoms with Crippen LogP contribution in [0.2, 0.25) is 0 Å². The number of nitrogens with two attached hydrogens (primary N) is 2. The number of unbranched alkanes of at least 4 members (excludes halogenated alkanes) is 1. The van der Waals surface area contributed by atoms with E-state index < -0.39 is 78.3 Å². The van der Waals surface area contributed by atoms with Crippen LogP contribution in [0, 0.1) is 29.6 Å². The normalized spacial score (nSPS) is 23.2. The Bertz CT molecular complexity index is 2690. The molecule has 6 rings (SSSR count). The first-order valence-corrected chi connectivity index (χ1v) is 32.0. The number of nitrogens with zero attached hydrogens (tertiary/aromatic N) is 1. The van der Waals surface area contributed by atoms with Gasteiger partial charge in [0.1, 0.15) is 18.7 Å². The standard InChI is InChI=1S/C65H98N8O17/c1-42(2)61(64(67)83)72-65(84)51(16-10-11-24-68-58(80)41-89-55-18-5-3-4-15-50(60(55)66)70-48-34-47(40-75)63(54(77)36-48)90-49-35-46(39-74)62(82)53(76)37-49)71-57(79)23-26-85-28-30-87-32-33-88-31-29-86-27-25-69-56(78)21-22-59(81)73-38-45-14-7-6-12-43(45)19-20-44-13-8-9-17-52(44)73/h6-9,12-14,17,42,46-49,51,53-55,61-63,70,74-77,82H,3-5,10-11,15-16,18,21-41,66H2,1-2H3,(H2,67,83)(H,68,80)(H,69,78)(H,71,79)(H,72,84)/t46-,47-,48+,49+,51-,53-,54-,55?,61?,62-,63-/m1/s1. The molecule has 4 aliphatic rings. The average Bonchev–Trinajstić information content (AvgIpc) is 1.66. The monoisotopic (exact) mass is 1260 g/mol. The Morgan fingerprint density at radius 3 is 2.07 bits per heavy atom. The predicted molar refractivity (Wildman–Crippen MR) is 332 cm³/mol. The van der Waals surface area contributed by atoms with Crippen molar-refractivity contribution in [2.24, 2.45) is 29.2 Å². The lowest BCUT2D eigenvalue weighted by atomic mass is 9.80. The molecule has 14 N–H and O–H groups in total. The van der Waals surface area contributed by atoms with Gasteiger partial charge in [-0.3, -0.25) is 28.8 Å². The molecule has 0 aromatic heterocycles. The summed E-state index contributed by atoms with van der Waals surface area (Å²) in [7, 11) is 0. The Morgan fingerprint density at radius 1 is 0.689 bits per heavy atom. The highest BCUT2D eigenvalue weighted by atomic mass is 16.6. The number of amides is 6. The Balaban J connectivity index is 0.809. The summed E-state index contributed by atoms with van der Waals surface area (Å²) in [5.74, 6) is 2.59. The molecule has 25 heteroatoms. The highest BCUT2D eigenvalue weighted by Crippen LogP contribution is 2.35. The fourth-order valence-electron chi connectivity index (χ4n) is 11.6. The number of allylic oxidation sites excluding steroid dienone is 1. The predicted octanol–water partition coefficient (Wildman–Crippen LogP) is 0.802. The number of hydrogen-bond donors (Lipinski definition) is 12. The molecule has 0 bridgehead atoms. The van der Waals surface area contributed by atoms with Crippen molar-refractivity contribution in [1.29, 1.82) is 0 Å². The zero-order valence-corrected chi connectivity index (χ0v) is 52.3. The van der Waals surface area contributed by atoms with Gasteiger partial charge in [-0.2, -0.15) is 0 Å². The first kappa shape index (κ1) is 72.8. The molecule has 25 nitrogen and oxygen atoms in total. The van der Waals surface area contributed by atoms with Crippen molar-refractivity contribution >= 4 is 41.1 Å². The maximum absolute atomic E-state index is 13.5. The van der Waals surface area contributed by atoms with E-state index in [-0.39, 0.29) is 121 Å². The van der Waals surface area contributed by atoms with E-state index in [4.69, 9.17) is 39.9 Å². The van der Waals surface area contributed by atoms with E-state index in [0.29, 0.717) is 83.6 Å². The van der Waals surface area contributed by atoms with Crippen molar-refractivity contribution in [2.75, 3.05) is 90.7 Å². The molecule has 1 aliphatic heterocycles. The number of fused-ring (bicyclic) bond motifs is 2. The van der Waals surface area contributed by atoms with E-state index in [9.17, 15) is 54.3 Å². The van der Waals surface area contributed by atoms with Crippen LogP contribution in [0.5, 0.6) is 0 Å². The van der Waals surface area contributed by atoms with Crippen molar-refractivity contribution in [3.8, 4) is 11.8 Å². The van der Waals surface area contributed by atoms with Gasteiger partial charge in [-0.25, -0.2) is 0 Å². The highest BCUT2D eigenvalue weighted by molar-refractivity contribution is 5.97. The number of aliphatic hydroxyl groups excluding tert-OH is 5. The van der Waals surface area contributed by atoms with Gasteiger partial charge in [0.25, 0.3) is 0 Å². The van der Waals surface area contributed by atoms with E-state index in [0.717, 1.165) is 47.3 Å². The molecule has 2 fully saturated rings. The van der Waals surface area contributed by atoms with Crippen molar-refractivity contribution in [1.82, 2.24) is 26.6 Å². The summed E-state index contributed by atoms with van der Waals surface area (Å²) in [5, 5.41) is 66.6. The molecule has 2 unspecified atom stereocenters. The Labute approximate surface area is 528 Å². The van der Waals surface area contributed by atoms with Gasteiger partial charge in [0.2, 0.25) is 35.4 Å². The molecule has 2 aromatic rings. The van der Waals surface area contributed by atoms with Crippen LogP contribution in [0.4, 0.5) is 5.69 Å². The average molecular weight is 1260 g/mol. The van der Waals surface area contributed by atoms with Crippen LogP contribution >= 0.6 is 0 Å². The van der Waals surface area contributed by atoms with Crippen molar-refractivity contribution < 1.29 is 82.7 Å². The van der Waals surface area contributed by atoms with Crippen LogP contribution in [0.1, 0.15) is 127 Å². The summed E-state index contributed by atoms with van der Waals surface area (Å²) in [5.41, 5.74) is 16.8. The van der Waals surface area contributed by atoms with Crippen molar-refractivity contribution in [3.63, 3.8) is 0 Å². The van der Waals surface area contributed by atoms with Gasteiger partial charge in [-0.15, -0.1) is 0 Å². The maximum atomic E-state index is 13.5. The second-order valence-electron chi connectivity index (χ2n) is 23.9. The summed E-state index contributed by atoms with van der Waals surface area (Å²) in [6.07, 6.45) is 1.35. The number of carbonyl (C=O) groups excluding carboxylic acids is 6. The molecule has 2 aromatic carbocycles. The number of nitrogens with one attached hydrogen (secondary N) is 5. The van der Waals surface area contributed by atoms with Crippen LogP contribution in [0.3, 0.4) is 0 Å². The second kappa shape index (κ2) is 39.2. The Kier molecular flexibility index (Phi) is 31.7. The van der Waals surface area contributed by atoms with E-state index in [1.165, 1.54) is 0 Å². The van der Waals surface area contributed by atoms with Gasteiger partial charge in [-0.1, -0.05) is 68.9 Å². The van der Waals surface area contributed by atoms with Gasteiger partial charge < -0.3 is 96.9 Å². The zero-order chi connectivity index (χ0) is 64.8. The number of carbonyl (C=O) groups is 6. The number of anilines is 1. The summed E-state index contributed by atoms with van der Waals surface area (Å²) in [6.45, 7) is 5.57. The number of primary amides is 1. The summed E-state index contributed by atoms with van der Waals surface area (Å²) in [6, 6.07) is 13.0. The minimum atomic E-state index is -1.07. The molecular weight excluding hydrogens is 1160 g/mol. The van der Waals surface area contributed by atoms with E-state index in [1.807, 2.05) is 48.5 Å². The lowest BCUT2D eigenvalue weighted by Gasteiger charge is -2.43. The second-order valence-corrected chi connectivity index (χ2v) is 23.9. The highest BCUT2D eigenvalue weighted by Gasteiger charge is 2.43. The number of benzene rings is 2. The first-order chi connectivity index (χ1) is 43.5. The van der Waals surface area contributed by atoms with Crippen molar-refractivity contribution in [3.05, 3.63) is 76.6 Å². The first-order valence-electron chi connectivity index (χ1n) is 32.0. The molecule has 1 heterocycles. The zero-order valence-electron chi connectivity index (χ0n) is 52.3. The quantitative estimate of drug-likeness (QED) is 0.0329. The Hall–Kier alpha value is -6.28. The third kappa shape index (κ3) is 24.1. The molecule has 3 aliphatic carbocycles. The van der Waals surface area contributed by atoms with E-state index >= 15 is 0 Å². The summed E-state index contributed by atoms with van der Waals surface area (Å²) in [4.78, 5) is 79.4. The molecule has 0 spiro atoms. The van der Waals surface area contributed by atoms with E-state index in [1.54, 1.807) is 18.7 Å². The van der Waals surface area contributed by atoms with Gasteiger partial charge in [0.05, 0.1) is 107 Å². The summed E-state index contributed by atoms with van der Waals surface area (Å²) < 4.78 is 34.6. The molecule has 2 saturated carbocycles. The topological polar surface area (TPSA) is 374 Å². The molecule has 0 saturated heterocycles. The minimum absolute atomic E-state index is 0.0334. The van der Waals surface area contributed by atoms with Gasteiger partial charge in [0, 0.05) is 86.7 Å². The number of hydrogen-bond acceptors (Lipinski definition) is 19. The van der Waals surface area contributed by atoms with Crippen LogP contribution in [-0.2, 0) is 63.7 Å². The minimum Gasteiger partial charge on any atom is -0.399 e. The molecule has 11 atom stereocenters. The van der Waals surface area contributed by atoms with Crippen LogP contribution in [-0.4, -0.2) is 201 Å². The van der Waals surface area contributed by atoms with Gasteiger partial charge >= 0.3 is 0 Å². The fourth-order valence-corrected chi connectivity index (χ4v) is 11.6. The van der Waals surface area contributed by atoms with Gasteiger partial charge in [0.15, 0.2) is 0 Å². The van der Waals surface area contributed by atoms with Crippen LogP contribution < -0.4 is 43.0 Å².